The van der Waals surface area contributed by atoms with Gasteiger partial charge in [-0.2, -0.15) is 0 Å². The highest BCUT2D eigenvalue weighted by atomic mass is 28.2. The lowest BCUT2D eigenvalue weighted by Crippen LogP contribution is -2.32. The van der Waals surface area contributed by atoms with Gasteiger partial charge in [0.1, 0.15) is 5.82 Å². The van der Waals surface area contributed by atoms with Crippen molar-refractivity contribution in [1.82, 2.24) is 0 Å². The Morgan fingerprint density at radius 1 is 0.944 bits per heavy atom. The number of ether oxygens (including phenoxy) is 2. The van der Waals surface area contributed by atoms with Gasteiger partial charge in [-0.1, -0.05) is 12.1 Å². The van der Waals surface area contributed by atoms with Gasteiger partial charge in [0.25, 0.3) is 6.48 Å². The number of hydrogen-bond donors (Lipinski definition) is 0. The van der Waals surface area contributed by atoms with E-state index in [1.54, 1.807) is 12.1 Å². The summed E-state index contributed by atoms with van der Waals surface area (Å²) < 4.78 is 29.5. The lowest BCUT2D eigenvalue weighted by atomic mass is 10.3. The first kappa shape index (κ1) is 15.3. The molecule has 0 aromatic heterocycles. The highest BCUT2D eigenvalue weighted by molar-refractivity contribution is 6.46. The van der Waals surface area contributed by atoms with E-state index in [9.17, 15) is 4.39 Å². The van der Waals surface area contributed by atoms with Crippen LogP contribution in [0.3, 0.4) is 0 Å². The Kier molecular flexibility index (Phi) is 6.49. The summed E-state index contributed by atoms with van der Waals surface area (Å²) in [7, 11) is -0.977. The highest BCUT2D eigenvalue weighted by Gasteiger charge is 2.14. The molecule has 0 aliphatic carbocycles. The average molecular weight is 272 g/mol. The van der Waals surface area contributed by atoms with Gasteiger partial charge in [0.15, 0.2) is 9.76 Å². The van der Waals surface area contributed by atoms with Gasteiger partial charge in [-0.15, -0.1) is 0 Å². The van der Waals surface area contributed by atoms with E-state index in [1.807, 2.05) is 27.7 Å². The Hall–Kier alpha value is -0.753. The van der Waals surface area contributed by atoms with Crippen LogP contribution in [0.5, 0.6) is 0 Å². The van der Waals surface area contributed by atoms with E-state index in [0.29, 0.717) is 0 Å². The zero-order valence-corrected chi connectivity index (χ0v) is 12.8. The molecule has 1 rings (SSSR count). The van der Waals surface area contributed by atoms with E-state index in [1.165, 1.54) is 12.1 Å². The minimum Gasteiger partial charge on any atom is -0.373 e. The fourth-order valence-corrected chi connectivity index (χ4v) is 2.21. The molecule has 102 valence electrons. The van der Waals surface area contributed by atoms with Gasteiger partial charge < -0.3 is 13.9 Å². The van der Waals surface area contributed by atoms with Crippen LogP contribution in [0.1, 0.15) is 27.7 Å². The third-order valence-corrected chi connectivity index (χ3v) is 3.31. The minimum absolute atomic E-state index is 0.0379. The molecule has 0 atom stereocenters. The molecular weight excluding hydrogens is 251 g/mol. The number of halogens is 1. The van der Waals surface area contributed by atoms with Crippen molar-refractivity contribution < 1.29 is 18.3 Å². The van der Waals surface area contributed by atoms with Gasteiger partial charge in [0, 0.05) is 0 Å². The molecule has 0 N–H and O–H groups in total. The fourth-order valence-electron chi connectivity index (χ4n) is 1.30. The molecule has 1 aromatic rings. The van der Waals surface area contributed by atoms with Crippen molar-refractivity contribution in [3.8, 4) is 0 Å². The molecule has 0 fully saturated rings. The second kappa shape index (κ2) is 7.63. The summed E-state index contributed by atoms with van der Waals surface area (Å²) >= 11 is 0. The molecule has 0 unspecified atom stereocenters. The molecule has 0 aliphatic heterocycles. The molecule has 0 saturated carbocycles. The van der Waals surface area contributed by atoms with Crippen LogP contribution in [0.15, 0.2) is 24.3 Å². The quantitative estimate of drug-likeness (QED) is 0.558. The van der Waals surface area contributed by atoms with Crippen LogP contribution in [0.4, 0.5) is 4.39 Å². The third-order valence-electron chi connectivity index (χ3n) is 2.07. The monoisotopic (exact) mass is 272 g/mol. The van der Waals surface area contributed by atoms with Crippen LogP contribution in [0, 0.1) is 5.82 Å². The van der Waals surface area contributed by atoms with Crippen LogP contribution in [0.2, 0.25) is 0 Å². The number of rotatable bonds is 7. The zero-order valence-electron chi connectivity index (χ0n) is 11.4. The molecule has 0 saturated heterocycles. The first-order valence-corrected chi connectivity index (χ1v) is 7.42. The summed E-state index contributed by atoms with van der Waals surface area (Å²) in [6.07, 6.45) is 0.0759. The Bertz CT molecular complexity index is 331. The first-order chi connectivity index (χ1) is 8.47. The van der Waals surface area contributed by atoms with Crippen LogP contribution >= 0.6 is 0 Å². The SMILES string of the molecule is CC(C)OC(O[SiH2]c1ccc(F)cc1)OC(C)C. The Labute approximate surface area is 110 Å². The summed E-state index contributed by atoms with van der Waals surface area (Å²) in [5, 5.41) is 1.01. The average Bonchev–Trinajstić information content (AvgIpc) is 2.26. The lowest BCUT2D eigenvalue weighted by molar-refractivity contribution is -0.274. The molecule has 5 heteroatoms. The third kappa shape index (κ3) is 6.25. The first-order valence-electron chi connectivity index (χ1n) is 6.14. The normalized spacial score (nSPS) is 12.4. The maximum Gasteiger partial charge on any atom is 0.262 e. The number of benzene rings is 1. The summed E-state index contributed by atoms with van der Waals surface area (Å²) in [5.41, 5.74) is 0. The van der Waals surface area contributed by atoms with Crippen molar-refractivity contribution in [2.45, 2.75) is 46.4 Å². The van der Waals surface area contributed by atoms with Crippen LogP contribution in [-0.4, -0.2) is 28.4 Å². The molecule has 3 nitrogen and oxygen atoms in total. The molecule has 0 spiro atoms. The van der Waals surface area contributed by atoms with Gasteiger partial charge in [0.05, 0.1) is 12.2 Å². The second-order valence-corrected chi connectivity index (χ2v) is 6.03. The molecule has 0 amide bonds. The predicted octanol–water partition coefficient (Wildman–Crippen LogP) is 1.68. The Balaban J connectivity index is 2.47. The maximum absolute atomic E-state index is 12.8. The zero-order chi connectivity index (χ0) is 13.5. The van der Waals surface area contributed by atoms with Gasteiger partial charge in [0.2, 0.25) is 0 Å². The molecular formula is C13H21FO3Si. The van der Waals surface area contributed by atoms with Crippen LogP contribution < -0.4 is 5.19 Å². The Morgan fingerprint density at radius 3 is 1.89 bits per heavy atom. The summed E-state index contributed by atoms with van der Waals surface area (Å²) in [4.78, 5) is 0. The summed E-state index contributed by atoms with van der Waals surface area (Å²) in [5.74, 6) is -0.235. The van der Waals surface area contributed by atoms with Gasteiger partial charge >= 0.3 is 0 Å². The molecule has 0 heterocycles. The van der Waals surface area contributed by atoms with Crippen molar-refractivity contribution in [2.24, 2.45) is 0 Å². The maximum atomic E-state index is 12.8. The minimum atomic E-state index is -0.977. The molecule has 0 aliphatic rings. The molecule has 18 heavy (non-hydrogen) atoms. The molecule has 0 radical (unpaired) electrons. The van der Waals surface area contributed by atoms with E-state index in [2.05, 4.69) is 0 Å². The second-order valence-electron chi connectivity index (χ2n) is 4.60. The van der Waals surface area contributed by atoms with Crippen molar-refractivity contribution in [3.05, 3.63) is 30.1 Å². The topological polar surface area (TPSA) is 27.7 Å². The summed E-state index contributed by atoms with van der Waals surface area (Å²) in [6, 6.07) is 6.35. The number of hydrogen-bond acceptors (Lipinski definition) is 3. The summed E-state index contributed by atoms with van der Waals surface area (Å²) in [6.45, 7) is 7.08. The van der Waals surface area contributed by atoms with Gasteiger partial charge in [-0.3, -0.25) is 0 Å². The predicted molar refractivity (Wildman–Crippen MR) is 71.9 cm³/mol. The Morgan fingerprint density at radius 2 is 1.44 bits per heavy atom. The smallest absolute Gasteiger partial charge is 0.262 e. The molecule has 1 aromatic carbocycles. The van der Waals surface area contributed by atoms with Crippen molar-refractivity contribution >= 4 is 14.9 Å². The van der Waals surface area contributed by atoms with Crippen LogP contribution in [0.25, 0.3) is 0 Å². The lowest BCUT2D eigenvalue weighted by Gasteiger charge is -2.23. The largest absolute Gasteiger partial charge is 0.373 e. The van der Waals surface area contributed by atoms with E-state index in [-0.39, 0.29) is 18.0 Å². The van der Waals surface area contributed by atoms with Gasteiger partial charge in [-0.05, 0) is 45.0 Å². The van der Waals surface area contributed by atoms with E-state index < -0.39 is 16.2 Å². The van der Waals surface area contributed by atoms with Crippen molar-refractivity contribution in [2.75, 3.05) is 0 Å². The van der Waals surface area contributed by atoms with Crippen molar-refractivity contribution in [1.29, 1.82) is 0 Å². The van der Waals surface area contributed by atoms with E-state index in [4.69, 9.17) is 13.9 Å². The molecule has 0 bridgehead atoms. The van der Waals surface area contributed by atoms with E-state index in [0.717, 1.165) is 5.19 Å². The van der Waals surface area contributed by atoms with Gasteiger partial charge in [-0.25, -0.2) is 4.39 Å². The standard InChI is InChI=1S/C13H21FO3Si/c1-9(2)15-13(16-10(3)4)17-18-12-7-5-11(14)6-8-12/h5-10,13H,18H2,1-4H3. The van der Waals surface area contributed by atoms with Crippen LogP contribution in [-0.2, 0) is 13.9 Å². The van der Waals surface area contributed by atoms with E-state index >= 15 is 0 Å². The highest BCUT2D eigenvalue weighted by Crippen LogP contribution is 2.05. The van der Waals surface area contributed by atoms with Crippen molar-refractivity contribution in [3.63, 3.8) is 0 Å². The fraction of sp³-hybridized carbons (Fsp3) is 0.538.